The van der Waals surface area contributed by atoms with Crippen LogP contribution < -0.4 is 4.90 Å². The highest BCUT2D eigenvalue weighted by molar-refractivity contribution is 5.98. The lowest BCUT2D eigenvalue weighted by molar-refractivity contribution is 0.0746. The molecule has 0 N–H and O–H groups in total. The van der Waals surface area contributed by atoms with Crippen molar-refractivity contribution < 1.29 is 13.6 Å². The zero-order valence-corrected chi connectivity index (χ0v) is 15.3. The van der Waals surface area contributed by atoms with Gasteiger partial charge in [-0.15, -0.1) is 10.2 Å². The van der Waals surface area contributed by atoms with Gasteiger partial charge < -0.3 is 9.80 Å². The second kappa shape index (κ2) is 7.38. The van der Waals surface area contributed by atoms with Crippen LogP contribution >= 0.6 is 0 Å². The monoisotopic (exact) mass is 383 g/mol. The Morgan fingerprint density at radius 2 is 1.64 bits per heavy atom. The average molecular weight is 383 g/mol. The summed E-state index contributed by atoms with van der Waals surface area (Å²) in [6.45, 7) is 3.63. The number of piperazine rings is 1. The van der Waals surface area contributed by atoms with Crippen LogP contribution in [-0.2, 0) is 0 Å². The van der Waals surface area contributed by atoms with E-state index >= 15 is 0 Å². The molecule has 0 unspecified atom stereocenters. The molecule has 1 aliphatic heterocycles. The second-order valence-corrected chi connectivity index (χ2v) is 6.76. The van der Waals surface area contributed by atoms with Gasteiger partial charge in [-0.3, -0.25) is 9.36 Å². The number of hydrogen-bond donors (Lipinski definition) is 0. The molecule has 0 bridgehead atoms. The molecule has 8 heteroatoms. The maximum absolute atomic E-state index is 14.0. The van der Waals surface area contributed by atoms with Crippen molar-refractivity contribution in [1.82, 2.24) is 19.7 Å². The molecule has 0 radical (unpaired) electrons. The summed E-state index contributed by atoms with van der Waals surface area (Å²) < 4.78 is 29.2. The highest BCUT2D eigenvalue weighted by atomic mass is 19.1. The highest BCUT2D eigenvalue weighted by Gasteiger charge is 2.26. The lowest BCUT2D eigenvalue weighted by atomic mass is 10.1. The standard InChI is InChI=1S/C20H19F2N5O/c1-14-2-5-18(27-12-23-24-13-27)16(10-14)20(28)26-8-6-25(7-9-26)19-11-15(21)3-4-17(19)22/h2-5,10-13H,6-9H2,1H3. The van der Waals surface area contributed by atoms with Crippen LogP contribution in [0.2, 0.25) is 0 Å². The molecule has 0 saturated carbocycles. The smallest absolute Gasteiger partial charge is 0.256 e. The van der Waals surface area contributed by atoms with Gasteiger partial charge in [-0.2, -0.15) is 0 Å². The Morgan fingerprint density at radius 3 is 2.36 bits per heavy atom. The second-order valence-electron chi connectivity index (χ2n) is 6.76. The Hall–Kier alpha value is -3.29. The molecule has 1 amide bonds. The Kier molecular flexibility index (Phi) is 4.77. The van der Waals surface area contributed by atoms with Crippen molar-refractivity contribution in [3.63, 3.8) is 0 Å². The van der Waals surface area contributed by atoms with Gasteiger partial charge in [0, 0.05) is 32.2 Å². The predicted octanol–water partition coefficient (Wildman–Crippen LogP) is 2.82. The van der Waals surface area contributed by atoms with Crippen molar-refractivity contribution in [1.29, 1.82) is 0 Å². The Balaban J connectivity index is 1.54. The summed E-state index contributed by atoms with van der Waals surface area (Å²) in [5.74, 6) is -1.05. The Morgan fingerprint density at radius 1 is 0.929 bits per heavy atom. The third kappa shape index (κ3) is 3.45. The molecule has 0 spiro atoms. The number of aryl methyl sites for hydroxylation is 1. The van der Waals surface area contributed by atoms with Crippen molar-refractivity contribution in [2.45, 2.75) is 6.92 Å². The van der Waals surface area contributed by atoms with Crippen LogP contribution in [0, 0.1) is 18.6 Å². The van der Waals surface area contributed by atoms with E-state index in [1.54, 1.807) is 27.0 Å². The van der Waals surface area contributed by atoms with Crippen molar-refractivity contribution in [3.8, 4) is 5.69 Å². The quantitative estimate of drug-likeness (QED) is 0.698. The molecule has 2 heterocycles. The zero-order valence-electron chi connectivity index (χ0n) is 15.3. The van der Waals surface area contributed by atoms with Gasteiger partial charge in [0.15, 0.2) is 0 Å². The summed E-state index contributed by atoms with van der Waals surface area (Å²) in [6.07, 6.45) is 3.10. The molecule has 4 rings (SSSR count). The SMILES string of the molecule is Cc1ccc(-n2cnnc2)c(C(=O)N2CCN(c3cc(F)ccc3F)CC2)c1. The minimum absolute atomic E-state index is 0.105. The van der Waals surface area contributed by atoms with Gasteiger partial charge in [0.2, 0.25) is 0 Å². The number of amides is 1. The fourth-order valence-corrected chi connectivity index (χ4v) is 3.42. The van der Waals surface area contributed by atoms with Crippen LogP contribution in [0.25, 0.3) is 5.69 Å². The average Bonchev–Trinajstić information content (AvgIpc) is 3.24. The van der Waals surface area contributed by atoms with Crippen molar-refractivity contribution in [2.75, 3.05) is 31.1 Å². The molecule has 0 atom stereocenters. The first-order valence-corrected chi connectivity index (χ1v) is 8.98. The number of nitrogens with zero attached hydrogens (tertiary/aromatic N) is 5. The van der Waals surface area contributed by atoms with E-state index < -0.39 is 11.6 Å². The minimum Gasteiger partial charge on any atom is -0.366 e. The number of aromatic nitrogens is 3. The summed E-state index contributed by atoms with van der Waals surface area (Å²) in [5, 5.41) is 7.62. The molecule has 0 aliphatic carbocycles. The first-order chi connectivity index (χ1) is 13.5. The summed E-state index contributed by atoms with van der Waals surface area (Å²) in [7, 11) is 0. The fraction of sp³-hybridized carbons (Fsp3) is 0.250. The number of benzene rings is 2. The largest absolute Gasteiger partial charge is 0.366 e. The van der Waals surface area contributed by atoms with E-state index in [0.29, 0.717) is 37.4 Å². The normalized spacial score (nSPS) is 14.4. The third-order valence-electron chi connectivity index (χ3n) is 4.90. The van der Waals surface area contributed by atoms with E-state index in [2.05, 4.69) is 10.2 Å². The zero-order chi connectivity index (χ0) is 19.7. The van der Waals surface area contributed by atoms with Crippen molar-refractivity contribution in [2.24, 2.45) is 0 Å². The number of rotatable bonds is 3. The molecular formula is C20H19F2N5O. The molecule has 3 aromatic rings. The number of carbonyl (C=O) groups excluding carboxylic acids is 1. The van der Waals surface area contributed by atoms with E-state index in [9.17, 15) is 13.6 Å². The van der Waals surface area contributed by atoms with Gasteiger partial charge in [-0.05, 0) is 31.2 Å². The van der Waals surface area contributed by atoms with Crippen LogP contribution in [0.4, 0.5) is 14.5 Å². The van der Waals surface area contributed by atoms with Crippen molar-refractivity contribution in [3.05, 3.63) is 71.8 Å². The Bertz CT molecular complexity index is 998. The number of carbonyl (C=O) groups is 1. The minimum atomic E-state index is -0.478. The molecule has 6 nitrogen and oxygen atoms in total. The first kappa shape index (κ1) is 18.1. The molecule has 1 fully saturated rings. The number of halogens is 2. The predicted molar refractivity (Wildman–Crippen MR) is 101 cm³/mol. The van der Waals surface area contributed by atoms with Crippen LogP contribution in [0.3, 0.4) is 0 Å². The number of hydrogen-bond acceptors (Lipinski definition) is 4. The summed E-state index contributed by atoms with van der Waals surface area (Å²) in [4.78, 5) is 16.6. The molecule has 1 aliphatic rings. The van der Waals surface area contributed by atoms with Crippen LogP contribution in [-0.4, -0.2) is 51.8 Å². The van der Waals surface area contributed by atoms with Crippen LogP contribution in [0.1, 0.15) is 15.9 Å². The highest BCUT2D eigenvalue weighted by Crippen LogP contribution is 2.24. The summed E-state index contributed by atoms with van der Waals surface area (Å²) >= 11 is 0. The summed E-state index contributed by atoms with van der Waals surface area (Å²) in [6, 6.07) is 9.05. The van der Waals surface area contributed by atoms with Crippen LogP contribution in [0.5, 0.6) is 0 Å². The van der Waals surface area contributed by atoms with Gasteiger partial charge in [-0.25, -0.2) is 8.78 Å². The molecule has 1 aromatic heterocycles. The molecule has 28 heavy (non-hydrogen) atoms. The molecule has 144 valence electrons. The van der Waals surface area contributed by atoms with E-state index in [-0.39, 0.29) is 11.6 Å². The van der Waals surface area contributed by atoms with Crippen LogP contribution in [0.15, 0.2) is 49.1 Å². The van der Waals surface area contributed by atoms with E-state index in [1.807, 2.05) is 25.1 Å². The van der Waals surface area contributed by atoms with Gasteiger partial charge >= 0.3 is 0 Å². The number of anilines is 1. The lowest BCUT2D eigenvalue weighted by Gasteiger charge is -2.36. The van der Waals surface area contributed by atoms with Gasteiger partial charge in [0.05, 0.1) is 16.9 Å². The van der Waals surface area contributed by atoms with Crippen molar-refractivity contribution >= 4 is 11.6 Å². The molecule has 1 saturated heterocycles. The van der Waals surface area contributed by atoms with E-state index in [4.69, 9.17) is 0 Å². The topological polar surface area (TPSA) is 54.3 Å². The summed E-state index contributed by atoms with van der Waals surface area (Å²) in [5.41, 5.74) is 2.47. The van der Waals surface area contributed by atoms with Gasteiger partial charge in [-0.1, -0.05) is 11.6 Å². The molecule has 2 aromatic carbocycles. The van der Waals surface area contributed by atoms with E-state index in [0.717, 1.165) is 17.7 Å². The molecular weight excluding hydrogens is 364 g/mol. The van der Waals surface area contributed by atoms with E-state index in [1.165, 1.54) is 6.07 Å². The Labute approximate surface area is 161 Å². The van der Waals surface area contributed by atoms with Gasteiger partial charge in [0.1, 0.15) is 24.3 Å². The first-order valence-electron chi connectivity index (χ1n) is 8.98. The lowest BCUT2D eigenvalue weighted by Crippen LogP contribution is -2.49. The van der Waals surface area contributed by atoms with Gasteiger partial charge in [0.25, 0.3) is 5.91 Å². The fourth-order valence-electron chi connectivity index (χ4n) is 3.42. The maximum Gasteiger partial charge on any atom is 0.256 e. The maximum atomic E-state index is 14.0. The third-order valence-corrected chi connectivity index (χ3v) is 4.90.